The average Bonchev–Trinajstić information content (AvgIpc) is 2.51. The van der Waals surface area contributed by atoms with Crippen LogP contribution in [0.5, 0.6) is 0 Å². The van der Waals surface area contributed by atoms with Crippen molar-refractivity contribution in [3.63, 3.8) is 0 Å². The van der Waals surface area contributed by atoms with E-state index in [0.29, 0.717) is 11.2 Å². The molecule has 0 fully saturated rings. The molecule has 2 rings (SSSR count). The summed E-state index contributed by atoms with van der Waals surface area (Å²) in [6.45, 7) is 6.39. The lowest BCUT2D eigenvalue weighted by atomic mass is 10.1. The van der Waals surface area contributed by atoms with Gasteiger partial charge in [-0.1, -0.05) is 42.5 Å². The van der Waals surface area contributed by atoms with Gasteiger partial charge in [-0.25, -0.2) is 0 Å². The third kappa shape index (κ3) is 4.85. The minimum atomic E-state index is 0.338. The van der Waals surface area contributed by atoms with Gasteiger partial charge in [-0.15, -0.1) is 0 Å². The summed E-state index contributed by atoms with van der Waals surface area (Å²) in [7, 11) is 0. The number of thiocarbonyl (C=S) groups is 1. The highest BCUT2D eigenvalue weighted by Crippen LogP contribution is 2.17. The molecule has 2 N–H and O–H groups in total. The van der Waals surface area contributed by atoms with Crippen molar-refractivity contribution < 1.29 is 0 Å². The number of hydrogen-bond acceptors (Lipinski definition) is 1. The molecule has 0 bridgehead atoms. The summed E-state index contributed by atoms with van der Waals surface area (Å²) in [6.07, 6.45) is 2.11. The molecule has 3 heteroatoms. The molecular weight excluding hydrogens is 288 g/mol. The summed E-state index contributed by atoms with van der Waals surface area (Å²) in [5.74, 6) is 0. The molecule has 0 radical (unpaired) electrons. The van der Waals surface area contributed by atoms with E-state index in [9.17, 15) is 0 Å². The van der Waals surface area contributed by atoms with Gasteiger partial charge in [-0.3, -0.25) is 0 Å². The first-order chi connectivity index (χ1) is 10.6. The Hall–Kier alpha value is -1.87. The number of nitrogens with one attached hydrogen (secondary N) is 2. The molecular formula is C19H24N2S. The minimum Gasteiger partial charge on any atom is -0.360 e. The van der Waals surface area contributed by atoms with Gasteiger partial charge in [0.1, 0.15) is 0 Å². The SMILES string of the molecule is Cc1cccc(NC(=S)NC(C)CCc2ccccc2)c1C. The molecule has 0 amide bonds. The molecule has 0 saturated heterocycles. The lowest BCUT2D eigenvalue weighted by Crippen LogP contribution is -2.36. The van der Waals surface area contributed by atoms with E-state index >= 15 is 0 Å². The highest BCUT2D eigenvalue weighted by Gasteiger charge is 2.07. The van der Waals surface area contributed by atoms with Gasteiger partial charge in [0, 0.05) is 11.7 Å². The molecule has 2 aromatic rings. The summed E-state index contributed by atoms with van der Waals surface area (Å²) < 4.78 is 0. The zero-order valence-electron chi connectivity index (χ0n) is 13.5. The summed E-state index contributed by atoms with van der Waals surface area (Å²) in [5, 5.41) is 7.36. The highest BCUT2D eigenvalue weighted by molar-refractivity contribution is 7.80. The summed E-state index contributed by atoms with van der Waals surface area (Å²) in [6, 6.07) is 17.1. The third-order valence-corrected chi connectivity index (χ3v) is 4.16. The third-order valence-electron chi connectivity index (χ3n) is 3.94. The van der Waals surface area contributed by atoms with E-state index in [4.69, 9.17) is 12.2 Å². The predicted molar refractivity (Wildman–Crippen MR) is 99.5 cm³/mol. The smallest absolute Gasteiger partial charge is 0.170 e. The van der Waals surface area contributed by atoms with E-state index in [1.807, 2.05) is 6.07 Å². The second kappa shape index (κ2) is 7.95. The quantitative estimate of drug-likeness (QED) is 0.788. The zero-order chi connectivity index (χ0) is 15.9. The number of benzene rings is 2. The van der Waals surface area contributed by atoms with E-state index < -0.39 is 0 Å². The molecule has 0 aliphatic carbocycles. The molecule has 1 unspecified atom stereocenters. The summed E-state index contributed by atoms with van der Waals surface area (Å²) in [4.78, 5) is 0. The topological polar surface area (TPSA) is 24.1 Å². The monoisotopic (exact) mass is 312 g/mol. The lowest BCUT2D eigenvalue weighted by molar-refractivity contribution is 0.609. The van der Waals surface area contributed by atoms with Crippen LogP contribution in [0.25, 0.3) is 0 Å². The summed E-state index contributed by atoms with van der Waals surface area (Å²) >= 11 is 5.42. The minimum absolute atomic E-state index is 0.338. The van der Waals surface area contributed by atoms with Crippen LogP contribution in [-0.2, 0) is 6.42 Å². The van der Waals surface area contributed by atoms with Crippen molar-refractivity contribution in [2.24, 2.45) is 0 Å². The number of hydrogen-bond donors (Lipinski definition) is 2. The van der Waals surface area contributed by atoms with Gasteiger partial charge >= 0.3 is 0 Å². The Kier molecular flexibility index (Phi) is 5.96. The Bertz CT molecular complexity index is 623. The van der Waals surface area contributed by atoms with Gasteiger partial charge in [-0.2, -0.15) is 0 Å². The van der Waals surface area contributed by atoms with Crippen LogP contribution in [0.1, 0.15) is 30.0 Å². The largest absolute Gasteiger partial charge is 0.360 e. The fraction of sp³-hybridized carbons (Fsp3) is 0.316. The van der Waals surface area contributed by atoms with Gasteiger partial charge in [0.05, 0.1) is 0 Å². The van der Waals surface area contributed by atoms with Gasteiger partial charge in [0.2, 0.25) is 0 Å². The maximum atomic E-state index is 5.42. The molecule has 0 heterocycles. The molecule has 2 aromatic carbocycles. The van der Waals surface area contributed by atoms with Crippen LogP contribution in [0.3, 0.4) is 0 Å². The van der Waals surface area contributed by atoms with Crippen molar-refractivity contribution >= 4 is 23.0 Å². The first kappa shape index (κ1) is 16.5. The van der Waals surface area contributed by atoms with Crippen molar-refractivity contribution in [3.05, 3.63) is 65.2 Å². The Morgan fingerprint density at radius 1 is 1.05 bits per heavy atom. The molecule has 0 aliphatic rings. The average molecular weight is 312 g/mol. The van der Waals surface area contributed by atoms with Crippen LogP contribution in [0.15, 0.2) is 48.5 Å². The highest BCUT2D eigenvalue weighted by atomic mass is 32.1. The standard InChI is InChI=1S/C19H24N2S/c1-14-8-7-11-18(16(14)3)21-19(22)20-15(2)12-13-17-9-5-4-6-10-17/h4-11,15H,12-13H2,1-3H3,(H2,20,21,22). The van der Waals surface area contributed by atoms with Crippen LogP contribution in [0.4, 0.5) is 5.69 Å². The Morgan fingerprint density at radius 2 is 1.77 bits per heavy atom. The van der Waals surface area contributed by atoms with Gasteiger partial charge in [0.25, 0.3) is 0 Å². The molecule has 22 heavy (non-hydrogen) atoms. The van der Waals surface area contributed by atoms with Crippen molar-refractivity contribution in [1.29, 1.82) is 0 Å². The van der Waals surface area contributed by atoms with Crippen molar-refractivity contribution in [1.82, 2.24) is 5.32 Å². The maximum absolute atomic E-state index is 5.42. The number of rotatable bonds is 5. The first-order valence-corrected chi connectivity index (χ1v) is 8.14. The maximum Gasteiger partial charge on any atom is 0.170 e. The lowest BCUT2D eigenvalue weighted by Gasteiger charge is -2.18. The molecule has 0 aliphatic heterocycles. The second-order valence-corrected chi connectivity index (χ2v) is 6.18. The van der Waals surface area contributed by atoms with Crippen molar-refractivity contribution in [2.45, 2.75) is 39.7 Å². The molecule has 1 atom stereocenters. The summed E-state index contributed by atoms with van der Waals surface area (Å²) in [5.41, 5.74) is 4.95. The molecule has 116 valence electrons. The predicted octanol–water partition coefficient (Wildman–Crippen LogP) is 4.61. The molecule has 0 saturated carbocycles. The zero-order valence-corrected chi connectivity index (χ0v) is 14.3. The van der Waals surface area contributed by atoms with Crippen LogP contribution in [0, 0.1) is 13.8 Å². The van der Waals surface area contributed by atoms with Gasteiger partial charge in [0.15, 0.2) is 5.11 Å². The van der Waals surface area contributed by atoms with Crippen LogP contribution < -0.4 is 10.6 Å². The van der Waals surface area contributed by atoms with Crippen LogP contribution in [-0.4, -0.2) is 11.2 Å². The normalized spacial score (nSPS) is 11.8. The van der Waals surface area contributed by atoms with E-state index in [1.54, 1.807) is 0 Å². The fourth-order valence-electron chi connectivity index (χ4n) is 2.37. The molecule has 0 spiro atoms. The van der Waals surface area contributed by atoms with Gasteiger partial charge < -0.3 is 10.6 Å². The second-order valence-electron chi connectivity index (χ2n) is 5.77. The molecule has 0 aromatic heterocycles. The van der Waals surface area contributed by atoms with E-state index in [0.717, 1.165) is 18.5 Å². The first-order valence-electron chi connectivity index (χ1n) is 7.74. The van der Waals surface area contributed by atoms with E-state index in [1.165, 1.54) is 16.7 Å². The van der Waals surface area contributed by atoms with Crippen LogP contribution >= 0.6 is 12.2 Å². The van der Waals surface area contributed by atoms with Crippen molar-refractivity contribution in [3.8, 4) is 0 Å². The van der Waals surface area contributed by atoms with E-state index in [2.05, 4.69) is 73.9 Å². The van der Waals surface area contributed by atoms with E-state index in [-0.39, 0.29) is 0 Å². The molecule has 2 nitrogen and oxygen atoms in total. The van der Waals surface area contributed by atoms with Gasteiger partial charge in [-0.05, 0) is 68.6 Å². The van der Waals surface area contributed by atoms with Crippen LogP contribution in [0.2, 0.25) is 0 Å². The number of aryl methyl sites for hydroxylation is 2. The fourth-order valence-corrected chi connectivity index (χ4v) is 2.68. The van der Waals surface area contributed by atoms with Crippen molar-refractivity contribution in [2.75, 3.05) is 5.32 Å². The Labute approximate surface area is 139 Å². The number of anilines is 1. The Morgan fingerprint density at radius 3 is 2.50 bits per heavy atom. The Balaban J connectivity index is 1.82.